The molecule has 4 nitrogen and oxygen atoms in total. The zero-order chi connectivity index (χ0) is 15.6. The van der Waals surface area contributed by atoms with E-state index in [1.807, 2.05) is 0 Å². The third-order valence-corrected chi connectivity index (χ3v) is 4.22. The molecule has 0 heterocycles. The fraction of sp³-hybridized carbons (Fsp3) is 0.250. The molecule has 0 aliphatic heterocycles. The van der Waals surface area contributed by atoms with Crippen LogP contribution in [0.2, 0.25) is 0 Å². The highest BCUT2D eigenvalue weighted by Crippen LogP contribution is 2.30. The molecule has 5 heteroatoms. The maximum absolute atomic E-state index is 10.7. The van der Waals surface area contributed by atoms with Gasteiger partial charge >= 0.3 is 0 Å². The highest BCUT2D eigenvalue weighted by Gasteiger charge is 2.12. The van der Waals surface area contributed by atoms with E-state index in [0.29, 0.717) is 4.47 Å². The van der Waals surface area contributed by atoms with Crippen LogP contribution in [0.25, 0.3) is 0 Å². The number of benzene rings is 2. The van der Waals surface area contributed by atoms with Crippen molar-refractivity contribution < 1.29 is 4.92 Å². The number of non-ortho nitro benzene ring substituents is 1. The molecule has 0 aromatic heterocycles. The summed E-state index contributed by atoms with van der Waals surface area (Å²) in [5, 5.41) is 14.1. The van der Waals surface area contributed by atoms with Gasteiger partial charge in [-0.15, -0.1) is 0 Å². The van der Waals surface area contributed by atoms with Gasteiger partial charge in [0.1, 0.15) is 0 Å². The molecule has 1 unspecified atom stereocenters. The zero-order valence-corrected chi connectivity index (χ0v) is 13.8. The van der Waals surface area contributed by atoms with Crippen LogP contribution in [0.1, 0.15) is 29.7 Å². The Bertz CT molecular complexity index is 686. The lowest BCUT2D eigenvalue weighted by molar-refractivity contribution is -0.384. The number of aryl methyl sites for hydroxylation is 2. The number of hydrogen-bond acceptors (Lipinski definition) is 3. The molecule has 0 radical (unpaired) electrons. The summed E-state index contributed by atoms with van der Waals surface area (Å²) in [6.45, 7) is 6.25. The van der Waals surface area contributed by atoms with E-state index in [-0.39, 0.29) is 11.7 Å². The molecule has 2 aromatic rings. The van der Waals surface area contributed by atoms with Crippen LogP contribution in [0, 0.1) is 24.0 Å². The van der Waals surface area contributed by atoms with E-state index in [9.17, 15) is 10.1 Å². The molecule has 0 amide bonds. The Morgan fingerprint density at radius 2 is 1.86 bits per heavy atom. The Kier molecular flexibility index (Phi) is 4.63. The van der Waals surface area contributed by atoms with Crippen molar-refractivity contribution in [2.75, 3.05) is 5.32 Å². The second kappa shape index (κ2) is 6.26. The van der Waals surface area contributed by atoms with Crippen molar-refractivity contribution >= 4 is 27.3 Å². The minimum atomic E-state index is -0.401. The van der Waals surface area contributed by atoms with Gasteiger partial charge in [-0.25, -0.2) is 0 Å². The minimum absolute atomic E-state index is 0.0752. The van der Waals surface area contributed by atoms with Gasteiger partial charge in [0.2, 0.25) is 0 Å². The number of nitro groups is 1. The lowest BCUT2D eigenvalue weighted by Gasteiger charge is -2.18. The van der Waals surface area contributed by atoms with Gasteiger partial charge in [-0.05, 0) is 59.5 Å². The minimum Gasteiger partial charge on any atom is -0.378 e. The Labute approximate surface area is 132 Å². The third kappa shape index (κ3) is 3.61. The summed E-state index contributed by atoms with van der Waals surface area (Å²) in [7, 11) is 0. The smallest absolute Gasteiger partial charge is 0.270 e. The van der Waals surface area contributed by atoms with E-state index in [4.69, 9.17) is 0 Å². The maximum Gasteiger partial charge on any atom is 0.270 e. The van der Waals surface area contributed by atoms with Gasteiger partial charge in [0, 0.05) is 28.3 Å². The first-order valence-corrected chi connectivity index (χ1v) is 7.45. The summed E-state index contributed by atoms with van der Waals surface area (Å²) in [4.78, 5) is 10.3. The Balaban J connectivity index is 2.21. The van der Waals surface area contributed by atoms with Gasteiger partial charge in [-0.2, -0.15) is 0 Å². The van der Waals surface area contributed by atoms with Crippen LogP contribution in [0.5, 0.6) is 0 Å². The van der Waals surface area contributed by atoms with Crippen LogP contribution in [-0.4, -0.2) is 4.92 Å². The summed E-state index contributed by atoms with van der Waals surface area (Å²) in [5.41, 5.74) is 4.62. The first-order chi connectivity index (χ1) is 9.88. The van der Waals surface area contributed by atoms with E-state index in [2.05, 4.69) is 60.2 Å². The van der Waals surface area contributed by atoms with Crippen molar-refractivity contribution in [3.05, 3.63) is 67.7 Å². The second-order valence-corrected chi connectivity index (χ2v) is 5.99. The first-order valence-electron chi connectivity index (χ1n) is 6.66. The fourth-order valence-electron chi connectivity index (χ4n) is 2.09. The van der Waals surface area contributed by atoms with Crippen LogP contribution in [0.4, 0.5) is 11.4 Å². The molecule has 21 heavy (non-hydrogen) atoms. The summed E-state index contributed by atoms with van der Waals surface area (Å²) < 4.78 is 0.687. The Hall–Kier alpha value is -1.88. The molecule has 0 saturated carbocycles. The number of rotatable bonds is 4. The topological polar surface area (TPSA) is 55.2 Å². The maximum atomic E-state index is 10.7. The number of nitrogens with zero attached hydrogens (tertiary/aromatic N) is 1. The summed E-state index contributed by atoms with van der Waals surface area (Å²) in [5.74, 6) is 0. The molecule has 0 spiro atoms. The number of nitro benzene ring substituents is 1. The van der Waals surface area contributed by atoms with Gasteiger partial charge in [0.05, 0.1) is 4.92 Å². The third-order valence-electron chi connectivity index (χ3n) is 3.57. The van der Waals surface area contributed by atoms with Crippen LogP contribution < -0.4 is 5.32 Å². The van der Waals surface area contributed by atoms with Gasteiger partial charge in [-0.3, -0.25) is 10.1 Å². The van der Waals surface area contributed by atoms with Crippen LogP contribution >= 0.6 is 15.9 Å². The van der Waals surface area contributed by atoms with Crippen molar-refractivity contribution in [2.24, 2.45) is 0 Å². The lowest BCUT2D eigenvalue weighted by atomic mass is 10.0. The molecule has 1 N–H and O–H groups in total. The Morgan fingerprint density at radius 3 is 2.43 bits per heavy atom. The predicted octanol–water partition coefficient (Wildman–Crippen LogP) is 5.15. The monoisotopic (exact) mass is 348 g/mol. The summed E-state index contributed by atoms with van der Waals surface area (Å²) in [6.07, 6.45) is 0. The standard InChI is InChI=1S/C16H17BrN2O2/c1-10-4-5-13(8-11(10)2)12(3)18-16-7-6-14(19(20)21)9-15(16)17/h4-9,12,18H,1-3H3. The largest absolute Gasteiger partial charge is 0.378 e. The van der Waals surface area contributed by atoms with E-state index in [0.717, 1.165) is 5.69 Å². The zero-order valence-electron chi connectivity index (χ0n) is 12.2. The van der Waals surface area contributed by atoms with Gasteiger partial charge in [0.25, 0.3) is 5.69 Å². The molecule has 0 aliphatic rings. The quantitative estimate of drug-likeness (QED) is 0.614. The number of nitrogens with one attached hydrogen (secondary N) is 1. The fourth-order valence-corrected chi connectivity index (χ4v) is 2.57. The van der Waals surface area contributed by atoms with E-state index < -0.39 is 4.92 Å². The lowest BCUT2D eigenvalue weighted by Crippen LogP contribution is -2.07. The van der Waals surface area contributed by atoms with Crippen molar-refractivity contribution in [1.82, 2.24) is 0 Å². The van der Waals surface area contributed by atoms with Gasteiger partial charge in [-0.1, -0.05) is 18.2 Å². The van der Waals surface area contributed by atoms with Crippen LogP contribution in [0.3, 0.4) is 0 Å². The molecule has 0 bridgehead atoms. The Morgan fingerprint density at radius 1 is 1.14 bits per heavy atom. The van der Waals surface area contributed by atoms with Crippen molar-refractivity contribution in [3.63, 3.8) is 0 Å². The second-order valence-electron chi connectivity index (χ2n) is 5.13. The highest BCUT2D eigenvalue weighted by atomic mass is 79.9. The molecular formula is C16H17BrN2O2. The van der Waals surface area contributed by atoms with Crippen LogP contribution in [-0.2, 0) is 0 Å². The van der Waals surface area contributed by atoms with Crippen molar-refractivity contribution in [1.29, 1.82) is 0 Å². The van der Waals surface area contributed by atoms with E-state index >= 15 is 0 Å². The highest BCUT2D eigenvalue weighted by molar-refractivity contribution is 9.10. The van der Waals surface area contributed by atoms with E-state index in [1.54, 1.807) is 6.07 Å². The van der Waals surface area contributed by atoms with E-state index in [1.165, 1.54) is 28.8 Å². The number of hydrogen-bond donors (Lipinski definition) is 1. The van der Waals surface area contributed by atoms with Crippen LogP contribution in [0.15, 0.2) is 40.9 Å². The molecule has 2 aromatic carbocycles. The molecular weight excluding hydrogens is 332 g/mol. The first kappa shape index (κ1) is 15.5. The molecule has 110 valence electrons. The molecule has 2 rings (SSSR count). The number of halogens is 1. The SMILES string of the molecule is Cc1ccc(C(C)Nc2ccc([N+](=O)[O-])cc2Br)cc1C. The normalized spacial score (nSPS) is 12.0. The summed E-state index contributed by atoms with van der Waals surface area (Å²) >= 11 is 3.38. The average Bonchev–Trinajstić information content (AvgIpc) is 2.43. The molecule has 0 saturated heterocycles. The van der Waals surface area contributed by atoms with Crippen molar-refractivity contribution in [2.45, 2.75) is 26.8 Å². The molecule has 0 aliphatic carbocycles. The van der Waals surface area contributed by atoms with Gasteiger partial charge < -0.3 is 5.32 Å². The summed E-state index contributed by atoms with van der Waals surface area (Å²) in [6, 6.07) is 11.2. The van der Waals surface area contributed by atoms with Crippen molar-refractivity contribution in [3.8, 4) is 0 Å². The average molecular weight is 349 g/mol. The predicted molar refractivity (Wildman–Crippen MR) is 88.8 cm³/mol. The molecule has 1 atom stereocenters. The molecule has 0 fully saturated rings. The van der Waals surface area contributed by atoms with Gasteiger partial charge in [0.15, 0.2) is 0 Å². The number of anilines is 1.